The highest BCUT2D eigenvalue weighted by molar-refractivity contribution is 5.30. The zero-order chi connectivity index (χ0) is 12.1. The van der Waals surface area contributed by atoms with Gasteiger partial charge in [-0.25, -0.2) is 0 Å². The van der Waals surface area contributed by atoms with Gasteiger partial charge in [0.05, 0.1) is 6.54 Å². The van der Waals surface area contributed by atoms with E-state index < -0.39 is 0 Å². The molecule has 17 heavy (non-hydrogen) atoms. The highest BCUT2D eigenvalue weighted by Crippen LogP contribution is 2.40. The topological polar surface area (TPSA) is 38.0 Å². The van der Waals surface area contributed by atoms with Crippen molar-refractivity contribution in [3.05, 3.63) is 35.4 Å². The number of nitrogens with one attached hydrogen (secondary N) is 1. The fraction of sp³-hybridized carbons (Fsp3) is 0.467. The molecule has 1 atom stereocenters. The normalized spacial score (nSPS) is 16.1. The molecule has 0 aliphatic heterocycles. The molecule has 3 N–H and O–H groups in total. The van der Waals surface area contributed by atoms with Crippen LogP contribution in [0.3, 0.4) is 0 Å². The molecule has 0 spiro atoms. The molecule has 1 aromatic rings. The molecule has 0 radical (unpaired) electrons. The summed E-state index contributed by atoms with van der Waals surface area (Å²) in [5.74, 6) is 6.70. The van der Waals surface area contributed by atoms with Gasteiger partial charge in [-0.2, -0.15) is 0 Å². The third kappa shape index (κ3) is 3.33. The van der Waals surface area contributed by atoms with Crippen LogP contribution in [0.25, 0.3) is 0 Å². The third-order valence-corrected chi connectivity index (χ3v) is 3.24. The van der Waals surface area contributed by atoms with Gasteiger partial charge in [0.1, 0.15) is 0 Å². The molecule has 1 aromatic carbocycles. The van der Waals surface area contributed by atoms with Crippen LogP contribution in [-0.2, 0) is 0 Å². The summed E-state index contributed by atoms with van der Waals surface area (Å²) < 4.78 is 0. The van der Waals surface area contributed by atoms with Gasteiger partial charge in [0, 0.05) is 12.6 Å². The van der Waals surface area contributed by atoms with E-state index in [-0.39, 0.29) is 6.04 Å². The minimum atomic E-state index is 0.212. The molecule has 1 aliphatic carbocycles. The zero-order valence-corrected chi connectivity index (χ0v) is 10.4. The van der Waals surface area contributed by atoms with Gasteiger partial charge in [0.2, 0.25) is 0 Å². The molecule has 1 unspecified atom stereocenters. The molecule has 2 heteroatoms. The average molecular weight is 228 g/mol. The molecule has 0 aromatic heterocycles. The lowest BCUT2D eigenvalue weighted by atomic mass is 10.0. The molecule has 2 rings (SSSR count). The Morgan fingerprint density at radius 3 is 2.59 bits per heavy atom. The van der Waals surface area contributed by atoms with E-state index in [0.29, 0.717) is 13.1 Å². The van der Waals surface area contributed by atoms with Gasteiger partial charge in [-0.1, -0.05) is 30.2 Å². The minimum Gasteiger partial charge on any atom is -0.329 e. The Morgan fingerprint density at radius 1 is 1.35 bits per heavy atom. The third-order valence-electron chi connectivity index (χ3n) is 3.24. The lowest BCUT2D eigenvalue weighted by molar-refractivity contribution is 0.582. The van der Waals surface area contributed by atoms with Gasteiger partial charge in [-0.3, -0.25) is 5.32 Å². The van der Waals surface area contributed by atoms with Crippen molar-refractivity contribution >= 4 is 0 Å². The second kappa shape index (κ2) is 5.86. The van der Waals surface area contributed by atoms with Crippen LogP contribution in [0.5, 0.6) is 0 Å². The van der Waals surface area contributed by atoms with Crippen LogP contribution in [0.2, 0.25) is 0 Å². The van der Waals surface area contributed by atoms with Crippen LogP contribution in [0.15, 0.2) is 24.3 Å². The first kappa shape index (κ1) is 12.2. The first-order chi connectivity index (χ1) is 8.35. The van der Waals surface area contributed by atoms with E-state index >= 15 is 0 Å². The fourth-order valence-electron chi connectivity index (χ4n) is 2.02. The molecule has 0 heterocycles. The quantitative estimate of drug-likeness (QED) is 0.758. The maximum Gasteiger partial charge on any atom is 0.0581 e. The van der Waals surface area contributed by atoms with Crippen molar-refractivity contribution in [3.63, 3.8) is 0 Å². The first-order valence-electron chi connectivity index (χ1n) is 6.28. The number of nitrogens with two attached hydrogens (primary N) is 1. The molecule has 1 fully saturated rings. The Labute approximate surface area is 104 Å². The average Bonchev–Trinajstić information content (AvgIpc) is 3.19. The Balaban J connectivity index is 1.99. The SMILES string of the molecule is CC#CCNC(CN)c1ccc(C2CC2)cc1. The summed E-state index contributed by atoms with van der Waals surface area (Å²) in [6.07, 6.45) is 2.70. The number of hydrogen-bond acceptors (Lipinski definition) is 2. The van der Waals surface area contributed by atoms with Crippen molar-refractivity contribution in [1.29, 1.82) is 0 Å². The zero-order valence-electron chi connectivity index (χ0n) is 10.4. The van der Waals surface area contributed by atoms with Crippen molar-refractivity contribution in [2.45, 2.75) is 31.7 Å². The van der Waals surface area contributed by atoms with E-state index in [1.54, 1.807) is 0 Å². The van der Waals surface area contributed by atoms with E-state index in [4.69, 9.17) is 5.73 Å². The number of hydrogen-bond donors (Lipinski definition) is 2. The number of benzene rings is 1. The summed E-state index contributed by atoms with van der Waals surface area (Å²) >= 11 is 0. The van der Waals surface area contributed by atoms with Crippen LogP contribution in [0, 0.1) is 11.8 Å². The van der Waals surface area contributed by atoms with Gasteiger partial charge >= 0.3 is 0 Å². The number of rotatable bonds is 5. The van der Waals surface area contributed by atoms with Gasteiger partial charge in [0.15, 0.2) is 0 Å². The maximum absolute atomic E-state index is 5.79. The second-order valence-electron chi connectivity index (χ2n) is 4.54. The summed E-state index contributed by atoms with van der Waals surface area (Å²) in [5, 5.41) is 3.35. The summed E-state index contributed by atoms with van der Waals surface area (Å²) in [6, 6.07) is 9.07. The van der Waals surface area contributed by atoms with Gasteiger partial charge < -0.3 is 5.73 Å². The van der Waals surface area contributed by atoms with Crippen molar-refractivity contribution in [3.8, 4) is 11.8 Å². The molecule has 90 valence electrons. The molecule has 2 nitrogen and oxygen atoms in total. The van der Waals surface area contributed by atoms with Gasteiger partial charge in [-0.15, -0.1) is 5.92 Å². The van der Waals surface area contributed by atoms with Crippen LogP contribution < -0.4 is 11.1 Å². The Hall–Kier alpha value is -1.30. The molecular formula is C15H20N2. The molecule has 0 amide bonds. The first-order valence-corrected chi connectivity index (χ1v) is 6.28. The summed E-state index contributed by atoms with van der Waals surface area (Å²) in [6.45, 7) is 3.15. The maximum atomic E-state index is 5.79. The van der Waals surface area contributed by atoms with Crippen LogP contribution in [0.1, 0.15) is 42.9 Å². The van der Waals surface area contributed by atoms with Crippen LogP contribution in [0.4, 0.5) is 0 Å². The summed E-state index contributed by atoms with van der Waals surface area (Å²) in [4.78, 5) is 0. The second-order valence-corrected chi connectivity index (χ2v) is 4.54. The lowest BCUT2D eigenvalue weighted by Gasteiger charge is -2.16. The van der Waals surface area contributed by atoms with E-state index in [1.807, 2.05) is 6.92 Å². The Morgan fingerprint density at radius 2 is 2.06 bits per heavy atom. The highest BCUT2D eigenvalue weighted by Gasteiger charge is 2.23. The van der Waals surface area contributed by atoms with E-state index in [9.17, 15) is 0 Å². The smallest absolute Gasteiger partial charge is 0.0581 e. The highest BCUT2D eigenvalue weighted by atomic mass is 14.9. The molecule has 0 saturated heterocycles. The van der Waals surface area contributed by atoms with Crippen molar-refractivity contribution in [2.24, 2.45) is 5.73 Å². The van der Waals surface area contributed by atoms with Gasteiger partial charge in [-0.05, 0) is 36.8 Å². The molecular weight excluding hydrogens is 208 g/mol. The monoisotopic (exact) mass is 228 g/mol. The van der Waals surface area contributed by atoms with Crippen molar-refractivity contribution < 1.29 is 0 Å². The van der Waals surface area contributed by atoms with Crippen LogP contribution >= 0.6 is 0 Å². The lowest BCUT2D eigenvalue weighted by Crippen LogP contribution is -2.28. The minimum absolute atomic E-state index is 0.212. The molecule has 0 bridgehead atoms. The van der Waals surface area contributed by atoms with Gasteiger partial charge in [0.25, 0.3) is 0 Å². The summed E-state index contributed by atoms with van der Waals surface area (Å²) in [7, 11) is 0. The molecule has 1 saturated carbocycles. The predicted molar refractivity (Wildman–Crippen MR) is 71.7 cm³/mol. The largest absolute Gasteiger partial charge is 0.329 e. The standard InChI is InChI=1S/C15H20N2/c1-2-3-10-17-15(11-16)14-8-6-13(7-9-14)12-4-5-12/h6-9,12,15,17H,4-5,10-11,16H2,1H3. The fourth-order valence-corrected chi connectivity index (χ4v) is 2.02. The summed E-state index contributed by atoms with van der Waals surface area (Å²) in [5.41, 5.74) is 8.52. The van der Waals surface area contributed by atoms with Crippen molar-refractivity contribution in [1.82, 2.24) is 5.32 Å². The predicted octanol–water partition coefficient (Wildman–Crippen LogP) is 2.18. The van der Waals surface area contributed by atoms with Crippen molar-refractivity contribution in [2.75, 3.05) is 13.1 Å². The van der Waals surface area contributed by atoms with E-state index in [1.165, 1.54) is 24.0 Å². The Bertz CT molecular complexity index is 407. The van der Waals surface area contributed by atoms with Crippen LogP contribution in [-0.4, -0.2) is 13.1 Å². The van der Waals surface area contributed by atoms with E-state index in [0.717, 1.165) is 5.92 Å². The molecule has 1 aliphatic rings. The van der Waals surface area contributed by atoms with E-state index in [2.05, 4.69) is 41.4 Å². The Kier molecular flexibility index (Phi) is 4.19.